The minimum absolute atomic E-state index is 0.129. The van der Waals surface area contributed by atoms with Crippen molar-refractivity contribution in [1.29, 1.82) is 0 Å². The molecule has 0 unspecified atom stereocenters. The summed E-state index contributed by atoms with van der Waals surface area (Å²) >= 11 is 3.38. The molecule has 4 heteroatoms. The highest BCUT2D eigenvalue weighted by Gasteiger charge is 2.33. The summed E-state index contributed by atoms with van der Waals surface area (Å²) in [5.74, 6) is -0.283. The Morgan fingerprint density at radius 3 is 3.00 bits per heavy atom. The first-order chi connectivity index (χ1) is 7.72. The Labute approximate surface area is 101 Å². The van der Waals surface area contributed by atoms with Gasteiger partial charge >= 0.3 is 5.97 Å². The van der Waals surface area contributed by atoms with Gasteiger partial charge in [0.05, 0.1) is 4.47 Å². The molecule has 0 saturated carbocycles. The van der Waals surface area contributed by atoms with Crippen molar-refractivity contribution in [1.82, 2.24) is 0 Å². The number of carbonyl (C=O) groups is 1. The van der Waals surface area contributed by atoms with Crippen LogP contribution in [0.2, 0.25) is 0 Å². The van der Waals surface area contributed by atoms with Crippen molar-refractivity contribution in [2.45, 2.75) is 19.4 Å². The van der Waals surface area contributed by atoms with Crippen LogP contribution in [0.4, 0.5) is 0 Å². The Bertz CT molecular complexity index is 585. The van der Waals surface area contributed by atoms with E-state index in [9.17, 15) is 4.79 Å². The van der Waals surface area contributed by atoms with Crippen molar-refractivity contribution >= 4 is 32.9 Å². The first-order valence-electron chi connectivity index (χ1n) is 5.13. The van der Waals surface area contributed by atoms with E-state index in [0.717, 1.165) is 21.8 Å². The first kappa shape index (κ1) is 9.90. The Kier molecular flexibility index (Phi) is 2.07. The van der Waals surface area contributed by atoms with Crippen LogP contribution in [0.5, 0.6) is 0 Å². The lowest BCUT2D eigenvalue weighted by Gasteiger charge is -2.05. The highest BCUT2D eigenvalue weighted by Crippen LogP contribution is 2.39. The molecule has 82 valence electrons. The molecule has 0 saturated heterocycles. The molecule has 1 aliphatic rings. The summed E-state index contributed by atoms with van der Waals surface area (Å²) in [6.45, 7) is 2.00. The second kappa shape index (κ2) is 3.35. The standard InChI is InChI=1S/C12H9BrO3/c1-2-9-7-4-3-6-8(13)5-15-11(6)10(7)12(14)16-9/h3-5,9H,2H2,1H3/t9-/m1/s1. The van der Waals surface area contributed by atoms with Crippen molar-refractivity contribution in [3.8, 4) is 0 Å². The van der Waals surface area contributed by atoms with E-state index in [1.807, 2.05) is 19.1 Å². The monoisotopic (exact) mass is 280 g/mol. The first-order valence-corrected chi connectivity index (χ1v) is 5.92. The summed E-state index contributed by atoms with van der Waals surface area (Å²) < 4.78 is 11.6. The molecule has 0 N–H and O–H groups in total. The minimum Gasteiger partial charge on any atom is -0.462 e. The third-order valence-corrected chi connectivity index (χ3v) is 3.51. The number of carbonyl (C=O) groups excluding carboxylic acids is 1. The van der Waals surface area contributed by atoms with E-state index >= 15 is 0 Å². The van der Waals surface area contributed by atoms with E-state index < -0.39 is 0 Å². The number of ether oxygens (including phenoxy) is 1. The van der Waals surface area contributed by atoms with Gasteiger partial charge in [-0.2, -0.15) is 0 Å². The Hall–Kier alpha value is -1.29. The molecule has 2 aromatic rings. The molecule has 3 rings (SSSR count). The zero-order chi connectivity index (χ0) is 11.3. The molecule has 1 aromatic carbocycles. The number of rotatable bonds is 1. The summed E-state index contributed by atoms with van der Waals surface area (Å²) in [7, 11) is 0. The maximum atomic E-state index is 11.8. The number of benzene rings is 1. The molecule has 0 amide bonds. The molecular formula is C12H9BrO3. The Balaban J connectivity index is 2.35. The van der Waals surface area contributed by atoms with E-state index in [0.29, 0.717) is 11.1 Å². The van der Waals surface area contributed by atoms with Crippen molar-refractivity contribution in [2.24, 2.45) is 0 Å². The van der Waals surface area contributed by atoms with Gasteiger partial charge < -0.3 is 9.15 Å². The topological polar surface area (TPSA) is 39.4 Å². The van der Waals surface area contributed by atoms with Gasteiger partial charge in [-0.25, -0.2) is 4.79 Å². The van der Waals surface area contributed by atoms with Gasteiger partial charge in [0.15, 0.2) is 0 Å². The van der Waals surface area contributed by atoms with Crippen LogP contribution in [0.3, 0.4) is 0 Å². The molecule has 1 atom stereocenters. The zero-order valence-electron chi connectivity index (χ0n) is 8.62. The van der Waals surface area contributed by atoms with Crippen molar-refractivity contribution in [3.63, 3.8) is 0 Å². The van der Waals surface area contributed by atoms with Crippen LogP contribution < -0.4 is 0 Å². The zero-order valence-corrected chi connectivity index (χ0v) is 10.2. The van der Waals surface area contributed by atoms with Gasteiger partial charge in [0.25, 0.3) is 0 Å². The highest BCUT2D eigenvalue weighted by atomic mass is 79.9. The number of fused-ring (bicyclic) bond motifs is 3. The number of halogens is 1. The van der Waals surface area contributed by atoms with Gasteiger partial charge in [-0.05, 0) is 28.4 Å². The van der Waals surface area contributed by atoms with Gasteiger partial charge in [0.2, 0.25) is 0 Å². The van der Waals surface area contributed by atoms with Crippen molar-refractivity contribution in [3.05, 3.63) is 34.0 Å². The van der Waals surface area contributed by atoms with E-state index in [-0.39, 0.29) is 12.1 Å². The lowest BCUT2D eigenvalue weighted by molar-refractivity contribution is 0.0379. The van der Waals surface area contributed by atoms with Crippen LogP contribution in [0, 0.1) is 0 Å². The fourth-order valence-corrected chi connectivity index (χ4v) is 2.52. The van der Waals surface area contributed by atoms with E-state index in [1.54, 1.807) is 6.26 Å². The van der Waals surface area contributed by atoms with Gasteiger partial charge in [0.1, 0.15) is 23.5 Å². The van der Waals surface area contributed by atoms with Crippen LogP contribution in [0.25, 0.3) is 11.0 Å². The summed E-state index contributed by atoms with van der Waals surface area (Å²) in [5.41, 5.74) is 2.13. The van der Waals surface area contributed by atoms with Gasteiger partial charge in [-0.3, -0.25) is 0 Å². The fraction of sp³-hybridized carbons (Fsp3) is 0.250. The highest BCUT2D eigenvalue weighted by molar-refractivity contribution is 9.10. The van der Waals surface area contributed by atoms with E-state index in [2.05, 4.69) is 15.9 Å². The Morgan fingerprint density at radius 2 is 2.25 bits per heavy atom. The average molecular weight is 281 g/mol. The van der Waals surface area contributed by atoms with Crippen molar-refractivity contribution < 1.29 is 13.9 Å². The average Bonchev–Trinajstić information content (AvgIpc) is 2.81. The van der Waals surface area contributed by atoms with Gasteiger partial charge in [-0.1, -0.05) is 13.0 Å². The van der Waals surface area contributed by atoms with Crippen LogP contribution in [-0.2, 0) is 4.74 Å². The molecule has 0 radical (unpaired) electrons. The fourth-order valence-electron chi connectivity index (χ4n) is 2.12. The van der Waals surface area contributed by atoms with Crippen LogP contribution in [-0.4, -0.2) is 5.97 Å². The summed E-state index contributed by atoms with van der Waals surface area (Å²) in [6, 6.07) is 3.89. The summed E-state index contributed by atoms with van der Waals surface area (Å²) in [4.78, 5) is 11.8. The van der Waals surface area contributed by atoms with Crippen molar-refractivity contribution in [2.75, 3.05) is 0 Å². The molecule has 0 aliphatic carbocycles. The van der Waals surface area contributed by atoms with E-state index in [4.69, 9.17) is 9.15 Å². The molecule has 2 heterocycles. The number of cyclic esters (lactones) is 1. The smallest absolute Gasteiger partial charge is 0.343 e. The second-order valence-corrected chi connectivity index (χ2v) is 4.65. The molecule has 1 aromatic heterocycles. The maximum absolute atomic E-state index is 11.8. The van der Waals surface area contributed by atoms with Gasteiger partial charge in [-0.15, -0.1) is 0 Å². The van der Waals surface area contributed by atoms with Crippen LogP contribution in [0.1, 0.15) is 35.4 Å². The molecule has 1 aliphatic heterocycles. The molecule has 3 nitrogen and oxygen atoms in total. The quantitative estimate of drug-likeness (QED) is 0.746. The Morgan fingerprint density at radius 1 is 1.44 bits per heavy atom. The lowest BCUT2D eigenvalue weighted by Crippen LogP contribution is -1.96. The predicted molar refractivity (Wildman–Crippen MR) is 62.4 cm³/mol. The number of furan rings is 1. The molecule has 0 fully saturated rings. The van der Waals surface area contributed by atoms with E-state index in [1.165, 1.54) is 0 Å². The van der Waals surface area contributed by atoms with Crippen LogP contribution in [0.15, 0.2) is 27.3 Å². The number of hydrogen-bond acceptors (Lipinski definition) is 3. The predicted octanol–water partition coefficient (Wildman–Crippen LogP) is 3.82. The maximum Gasteiger partial charge on any atom is 0.343 e. The molecule has 16 heavy (non-hydrogen) atoms. The lowest BCUT2D eigenvalue weighted by atomic mass is 10.0. The molecule has 0 bridgehead atoms. The number of hydrogen-bond donors (Lipinski definition) is 0. The van der Waals surface area contributed by atoms with Crippen LogP contribution >= 0.6 is 15.9 Å². The third-order valence-electron chi connectivity index (χ3n) is 2.90. The third kappa shape index (κ3) is 1.16. The number of esters is 1. The van der Waals surface area contributed by atoms with Gasteiger partial charge in [0, 0.05) is 10.9 Å². The normalized spacial score (nSPS) is 18.9. The second-order valence-electron chi connectivity index (χ2n) is 3.79. The minimum atomic E-state index is -0.283. The SMILES string of the molecule is CC[C@H]1OC(=O)c2c1ccc1c(Br)coc21. The molecule has 0 spiro atoms. The summed E-state index contributed by atoms with van der Waals surface area (Å²) in [5, 5.41) is 0.910. The molecular weight excluding hydrogens is 272 g/mol. The largest absolute Gasteiger partial charge is 0.462 e. The summed E-state index contributed by atoms with van der Waals surface area (Å²) in [6.07, 6.45) is 2.25.